The molecule has 5 aromatic rings. The number of benzene rings is 3. The highest BCUT2D eigenvalue weighted by molar-refractivity contribution is 5.94. The maximum absolute atomic E-state index is 13.0. The van der Waals surface area contributed by atoms with Crippen molar-refractivity contribution in [2.24, 2.45) is 0 Å². The second kappa shape index (κ2) is 9.52. The van der Waals surface area contributed by atoms with Crippen LogP contribution in [0, 0.1) is 6.92 Å². The van der Waals surface area contributed by atoms with Gasteiger partial charge in [-0.15, -0.1) is 0 Å². The van der Waals surface area contributed by atoms with Gasteiger partial charge >= 0.3 is 0 Å². The lowest BCUT2D eigenvalue weighted by atomic mass is 10.0. The van der Waals surface area contributed by atoms with Crippen LogP contribution in [-0.4, -0.2) is 22.4 Å². The number of carbonyl (C=O) groups is 1. The Morgan fingerprint density at radius 3 is 2.56 bits per heavy atom. The summed E-state index contributed by atoms with van der Waals surface area (Å²) in [6.07, 6.45) is 2.10. The number of anilines is 1. The molecule has 0 unspecified atom stereocenters. The SMILES string of the molecule is CCN(C(=O)CCCc1c(-c2ccc3ccccc3n2)[nH]c2ccc(C)cc12)c1ccccc1. The van der Waals surface area contributed by atoms with Gasteiger partial charge in [-0.25, -0.2) is 4.98 Å². The van der Waals surface area contributed by atoms with Gasteiger partial charge in [-0.2, -0.15) is 0 Å². The van der Waals surface area contributed by atoms with E-state index in [9.17, 15) is 4.79 Å². The molecule has 0 saturated carbocycles. The molecule has 0 fully saturated rings. The third kappa shape index (κ3) is 4.32. The number of rotatable bonds is 7. The van der Waals surface area contributed by atoms with Gasteiger partial charge in [0.25, 0.3) is 0 Å². The average Bonchev–Trinajstić information content (AvgIpc) is 3.22. The topological polar surface area (TPSA) is 49.0 Å². The molecule has 1 N–H and O–H groups in total. The highest BCUT2D eigenvalue weighted by atomic mass is 16.2. The van der Waals surface area contributed by atoms with E-state index in [0.29, 0.717) is 13.0 Å². The van der Waals surface area contributed by atoms with Gasteiger partial charge < -0.3 is 9.88 Å². The molecular weight excluding hydrogens is 418 g/mol. The van der Waals surface area contributed by atoms with Crippen molar-refractivity contribution in [2.75, 3.05) is 11.4 Å². The molecule has 3 aromatic carbocycles. The molecule has 0 radical (unpaired) electrons. The monoisotopic (exact) mass is 447 g/mol. The molecule has 0 aliphatic rings. The van der Waals surface area contributed by atoms with Gasteiger partial charge in [-0.1, -0.05) is 54.1 Å². The highest BCUT2D eigenvalue weighted by Gasteiger charge is 2.17. The average molecular weight is 448 g/mol. The van der Waals surface area contributed by atoms with E-state index in [-0.39, 0.29) is 5.91 Å². The standard InChI is InChI=1S/C30H29N3O/c1-3-33(23-11-5-4-6-12-23)29(34)15-9-13-24-25-20-21(2)16-18-27(25)32-30(24)28-19-17-22-10-7-8-14-26(22)31-28/h4-8,10-12,14,16-20,32H,3,9,13,15H2,1-2H3. The highest BCUT2D eigenvalue weighted by Crippen LogP contribution is 2.32. The Hall–Kier alpha value is -3.92. The fourth-order valence-electron chi connectivity index (χ4n) is 4.71. The minimum Gasteiger partial charge on any atom is -0.353 e. The Morgan fingerprint density at radius 2 is 1.74 bits per heavy atom. The largest absolute Gasteiger partial charge is 0.353 e. The second-order valence-electron chi connectivity index (χ2n) is 8.74. The third-order valence-electron chi connectivity index (χ3n) is 6.42. The third-order valence-corrected chi connectivity index (χ3v) is 6.42. The van der Waals surface area contributed by atoms with Crippen molar-refractivity contribution in [3.63, 3.8) is 0 Å². The molecular formula is C30H29N3O. The number of aromatic nitrogens is 2. The number of nitrogens with one attached hydrogen (secondary N) is 1. The van der Waals surface area contributed by atoms with Crippen LogP contribution in [0.25, 0.3) is 33.2 Å². The Balaban J connectivity index is 1.44. The molecule has 5 rings (SSSR count). The number of amides is 1. The van der Waals surface area contributed by atoms with Gasteiger partial charge in [0.1, 0.15) is 0 Å². The quantitative estimate of drug-likeness (QED) is 0.290. The van der Waals surface area contributed by atoms with E-state index >= 15 is 0 Å². The van der Waals surface area contributed by atoms with E-state index in [0.717, 1.165) is 46.3 Å². The molecule has 170 valence electrons. The zero-order valence-electron chi connectivity index (χ0n) is 19.7. The van der Waals surface area contributed by atoms with Gasteiger partial charge in [-0.3, -0.25) is 4.79 Å². The van der Waals surface area contributed by atoms with Crippen LogP contribution < -0.4 is 4.90 Å². The van der Waals surface area contributed by atoms with Gasteiger partial charge in [-0.05, 0) is 68.7 Å². The van der Waals surface area contributed by atoms with Crippen LogP contribution in [0.15, 0.2) is 84.9 Å². The van der Waals surface area contributed by atoms with Crippen molar-refractivity contribution in [1.82, 2.24) is 9.97 Å². The molecule has 2 heterocycles. The summed E-state index contributed by atoms with van der Waals surface area (Å²) in [5, 5.41) is 2.35. The summed E-state index contributed by atoms with van der Waals surface area (Å²) in [6, 6.07) is 28.8. The van der Waals surface area contributed by atoms with Crippen molar-refractivity contribution < 1.29 is 4.79 Å². The minimum atomic E-state index is 0.162. The van der Waals surface area contributed by atoms with Crippen molar-refractivity contribution in [2.45, 2.75) is 33.1 Å². The normalized spacial score (nSPS) is 11.2. The van der Waals surface area contributed by atoms with Crippen LogP contribution in [-0.2, 0) is 11.2 Å². The number of fused-ring (bicyclic) bond motifs is 2. The Kier molecular flexibility index (Phi) is 6.13. The van der Waals surface area contributed by atoms with Gasteiger partial charge in [0.2, 0.25) is 5.91 Å². The molecule has 0 spiro atoms. The maximum atomic E-state index is 13.0. The van der Waals surface area contributed by atoms with E-state index < -0.39 is 0 Å². The first-order chi connectivity index (χ1) is 16.6. The number of H-pyrrole nitrogens is 1. The lowest BCUT2D eigenvalue weighted by Crippen LogP contribution is -2.30. The molecule has 0 atom stereocenters. The molecule has 1 amide bonds. The first-order valence-corrected chi connectivity index (χ1v) is 12.0. The lowest BCUT2D eigenvalue weighted by Gasteiger charge is -2.21. The van der Waals surface area contributed by atoms with Crippen LogP contribution in [0.3, 0.4) is 0 Å². The zero-order chi connectivity index (χ0) is 23.5. The predicted molar refractivity (Wildman–Crippen MR) is 141 cm³/mol. The summed E-state index contributed by atoms with van der Waals surface area (Å²) in [5.74, 6) is 0.162. The predicted octanol–water partition coefficient (Wildman–Crippen LogP) is 7.07. The van der Waals surface area contributed by atoms with Crippen molar-refractivity contribution in [3.8, 4) is 11.4 Å². The van der Waals surface area contributed by atoms with Gasteiger partial charge in [0, 0.05) is 34.9 Å². The first kappa shape index (κ1) is 21.9. The molecule has 2 aromatic heterocycles. The number of para-hydroxylation sites is 2. The van der Waals surface area contributed by atoms with Gasteiger partial charge in [0.15, 0.2) is 0 Å². The summed E-state index contributed by atoms with van der Waals surface area (Å²) in [6.45, 7) is 4.81. The summed E-state index contributed by atoms with van der Waals surface area (Å²) >= 11 is 0. The number of hydrogen-bond acceptors (Lipinski definition) is 2. The number of carbonyl (C=O) groups excluding carboxylic acids is 1. The summed E-state index contributed by atoms with van der Waals surface area (Å²) in [5.41, 5.74) is 7.50. The van der Waals surface area contributed by atoms with Crippen molar-refractivity contribution in [3.05, 3.63) is 96.1 Å². The van der Waals surface area contributed by atoms with E-state index in [1.807, 2.05) is 60.4 Å². The second-order valence-corrected chi connectivity index (χ2v) is 8.74. The van der Waals surface area contributed by atoms with Crippen molar-refractivity contribution >= 4 is 33.4 Å². The van der Waals surface area contributed by atoms with Crippen LogP contribution in [0.5, 0.6) is 0 Å². The van der Waals surface area contributed by atoms with Crippen LogP contribution in [0.1, 0.15) is 30.9 Å². The Morgan fingerprint density at radius 1 is 0.941 bits per heavy atom. The van der Waals surface area contributed by atoms with Crippen LogP contribution in [0.2, 0.25) is 0 Å². The molecule has 0 bridgehead atoms. The Bertz CT molecular complexity index is 1450. The number of hydrogen-bond donors (Lipinski definition) is 1. The van der Waals surface area contributed by atoms with Gasteiger partial charge in [0.05, 0.1) is 16.9 Å². The van der Waals surface area contributed by atoms with E-state index in [2.05, 4.69) is 48.3 Å². The molecule has 0 aliphatic carbocycles. The summed E-state index contributed by atoms with van der Waals surface area (Å²) in [4.78, 5) is 23.4. The molecule has 4 nitrogen and oxygen atoms in total. The minimum absolute atomic E-state index is 0.162. The Labute approximate surface area is 200 Å². The van der Waals surface area contributed by atoms with E-state index in [1.54, 1.807) is 0 Å². The van der Waals surface area contributed by atoms with E-state index in [1.165, 1.54) is 16.5 Å². The molecule has 4 heteroatoms. The summed E-state index contributed by atoms with van der Waals surface area (Å²) in [7, 11) is 0. The fraction of sp³-hybridized carbons (Fsp3) is 0.200. The number of nitrogens with zero attached hydrogens (tertiary/aromatic N) is 2. The molecule has 0 saturated heterocycles. The van der Waals surface area contributed by atoms with Crippen molar-refractivity contribution in [1.29, 1.82) is 0 Å². The zero-order valence-corrected chi connectivity index (χ0v) is 19.7. The molecule has 0 aliphatic heterocycles. The lowest BCUT2D eigenvalue weighted by molar-refractivity contribution is -0.118. The number of pyridine rings is 1. The number of aryl methyl sites for hydroxylation is 2. The van der Waals surface area contributed by atoms with E-state index in [4.69, 9.17) is 4.98 Å². The first-order valence-electron chi connectivity index (χ1n) is 12.0. The number of aromatic amines is 1. The summed E-state index contributed by atoms with van der Waals surface area (Å²) < 4.78 is 0. The smallest absolute Gasteiger partial charge is 0.226 e. The molecule has 34 heavy (non-hydrogen) atoms. The fourth-order valence-corrected chi connectivity index (χ4v) is 4.71. The van der Waals surface area contributed by atoms with Crippen LogP contribution in [0.4, 0.5) is 5.69 Å². The van der Waals surface area contributed by atoms with Crippen LogP contribution >= 0.6 is 0 Å². The maximum Gasteiger partial charge on any atom is 0.226 e.